The maximum atomic E-state index is 12.5. The molecule has 1 saturated heterocycles. The Kier molecular flexibility index (Phi) is 4.72. The first-order valence-corrected chi connectivity index (χ1v) is 10.8. The molecule has 1 aromatic heterocycles. The van der Waals surface area contributed by atoms with Gasteiger partial charge in [0, 0.05) is 37.3 Å². The lowest BCUT2D eigenvalue weighted by Gasteiger charge is -2.22. The van der Waals surface area contributed by atoms with E-state index >= 15 is 0 Å². The van der Waals surface area contributed by atoms with Crippen LogP contribution in [0.3, 0.4) is 0 Å². The zero-order chi connectivity index (χ0) is 19.3. The molecule has 0 bridgehead atoms. The fraction of sp³-hybridized carbons (Fsp3) is 0.706. The molecule has 2 atom stereocenters. The van der Waals surface area contributed by atoms with E-state index in [1.165, 1.54) is 10.6 Å². The number of aromatic nitrogens is 2. The number of nitrogens with one attached hydrogen (secondary N) is 1. The van der Waals surface area contributed by atoms with Gasteiger partial charge in [0.25, 0.3) is 11.5 Å². The van der Waals surface area contributed by atoms with Gasteiger partial charge in [0.1, 0.15) is 11.4 Å². The first kappa shape index (κ1) is 19.0. The highest BCUT2D eigenvalue weighted by Crippen LogP contribution is 2.41. The quantitative estimate of drug-likeness (QED) is 0.808. The molecule has 1 N–H and O–H groups in total. The summed E-state index contributed by atoms with van der Waals surface area (Å²) < 4.78 is 27.0. The minimum absolute atomic E-state index is 0.0382. The average Bonchev–Trinajstić information content (AvgIpc) is 3.12. The third kappa shape index (κ3) is 3.29. The SMILES string of the molecule is CC(C)[C@@H](C)NC(=O)c1cn2c(nc1=O)[C@@]1(CCN(S(C)(=O)=O)C1)CC2. The number of sulfonamides is 1. The van der Waals surface area contributed by atoms with E-state index in [9.17, 15) is 18.0 Å². The van der Waals surface area contributed by atoms with E-state index in [2.05, 4.69) is 10.3 Å². The van der Waals surface area contributed by atoms with E-state index < -0.39 is 26.9 Å². The number of carbonyl (C=O) groups excluding carboxylic acids is 1. The molecular formula is C17H26N4O4S. The van der Waals surface area contributed by atoms with Crippen LogP contribution < -0.4 is 10.9 Å². The van der Waals surface area contributed by atoms with Crippen LogP contribution in [0, 0.1) is 5.92 Å². The maximum absolute atomic E-state index is 12.5. The van der Waals surface area contributed by atoms with E-state index in [4.69, 9.17) is 0 Å². The fourth-order valence-corrected chi connectivity index (χ4v) is 4.55. The van der Waals surface area contributed by atoms with Gasteiger partial charge < -0.3 is 9.88 Å². The Morgan fingerprint density at radius 1 is 1.27 bits per heavy atom. The fourth-order valence-electron chi connectivity index (χ4n) is 3.64. The molecule has 144 valence electrons. The Balaban J connectivity index is 1.90. The number of carbonyl (C=O) groups is 1. The standard InChI is InChI=1S/C17H26N4O4S/c1-11(2)12(3)18-14(22)13-9-20-7-5-17(16(20)19-15(13)23)6-8-21(10-17)26(4,24)25/h9,11-12H,5-8,10H2,1-4H3,(H,18,22)/t12-,17-/m1/s1. The highest BCUT2D eigenvalue weighted by Gasteiger charge is 2.48. The molecule has 0 unspecified atom stereocenters. The van der Waals surface area contributed by atoms with Gasteiger partial charge in [0.05, 0.1) is 6.26 Å². The average molecular weight is 382 g/mol. The predicted molar refractivity (Wildman–Crippen MR) is 97.6 cm³/mol. The topological polar surface area (TPSA) is 101 Å². The summed E-state index contributed by atoms with van der Waals surface area (Å²) in [4.78, 5) is 29.1. The second-order valence-electron chi connectivity index (χ2n) is 7.86. The molecule has 0 aromatic carbocycles. The Labute approximate surface area is 153 Å². The van der Waals surface area contributed by atoms with Crippen molar-refractivity contribution in [3.05, 3.63) is 27.9 Å². The predicted octanol–water partition coefficient (Wildman–Crippen LogP) is 0.324. The van der Waals surface area contributed by atoms with E-state index in [0.717, 1.165) is 6.42 Å². The van der Waals surface area contributed by atoms with Gasteiger partial charge in [0.2, 0.25) is 10.0 Å². The minimum atomic E-state index is -3.27. The zero-order valence-corrected chi connectivity index (χ0v) is 16.5. The third-order valence-corrected chi connectivity index (χ3v) is 6.94. The first-order chi connectivity index (χ1) is 12.0. The van der Waals surface area contributed by atoms with Crippen molar-refractivity contribution in [1.82, 2.24) is 19.2 Å². The molecule has 9 heteroatoms. The summed E-state index contributed by atoms with van der Waals surface area (Å²) in [7, 11) is -3.27. The second kappa shape index (κ2) is 6.45. The molecule has 1 spiro atoms. The van der Waals surface area contributed by atoms with Crippen molar-refractivity contribution < 1.29 is 13.2 Å². The summed E-state index contributed by atoms with van der Waals surface area (Å²) in [6.07, 6.45) is 4.14. The van der Waals surface area contributed by atoms with Gasteiger partial charge in [0.15, 0.2) is 0 Å². The number of nitrogens with zero attached hydrogens (tertiary/aromatic N) is 3. The molecule has 2 aliphatic rings. The number of aryl methyl sites for hydroxylation is 1. The third-order valence-electron chi connectivity index (χ3n) is 5.69. The summed E-state index contributed by atoms with van der Waals surface area (Å²) in [6, 6.07) is -0.0513. The van der Waals surface area contributed by atoms with Crippen molar-refractivity contribution in [3.63, 3.8) is 0 Å². The second-order valence-corrected chi connectivity index (χ2v) is 9.84. The van der Waals surface area contributed by atoms with E-state index in [1.54, 1.807) is 6.20 Å². The largest absolute Gasteiger partial charge is 0.349 e. The number of hydrogen-bond donors (Lipinski definition) is 1. The molecule has 2 aliphatic heterocycles. The molecule has 3 heterocycles. The summed E-state index contributed by atoms with van der Waals surface area (Å²) in [5.74, 6) is 0.444. The maximum Gasteiger partial charge on any atom is 0.285 e. The minimum Gasteiger partial charge on any atom is -0.349 e. The van der Waals surface area contributed by atoms with Crippen LogP contribution >= 0.6 is 0 Å². The van der Waals surface area contributed by atoms with Crippen molar-refractivity contribution in [1.29, 1.82) is 0 Å². The van der Waals surface area contributed by atoms with Crippen LogP contribution in [0.2, 0.25) is 0 Å². The monoisotopic (exact) mass is 382 g/mol. The van der Waals surface area contributed by atoms with Crippen LogP contribution in [0.25, 0.3) is 0 Å². The van der Waals surface area contributed by atoms with Gasteiger partial charge in [-0.1, -0.05) is 13.8 Å². The molecule has 1 fully saturated rings. The summed E-state index contributed by atoms with van der Waals surface area (Å²) in [5, 5.41) is 2.84. The van der Waals surface area contributed by atoms with Crippen molar-refractivity contribution >= 4 is 15.9 Å². The Hall–Kier alpha value is -1.74. The van der Waals surface area contributed by atoms with Gasteiger partial charge in [-0.2, -0.15) is 4.98 Å². The number of fused-ring (bicyclic) bond motifs is 2. The van der Waals surface area contributed by atoms with Crippen LogP contribution in [0.5, 0.6) is 0 Å². The van der Waals surface area contributed by atoms with Gasteiger partial charge in [-0.05, 0) is 25.7 Å². The molecule has 8 nitrogen and oxygen atoms in total. The van der Waals surface area contributed by atoms with Crippen molar-refractivity contribution in [3.8, 4) is 0 Å². The molecule has 0 saturated carbocycles. The van der Waals surface area contributed by atoms with Crippen molar-refractivity contribution in [2.75, 3.05) is 19.3 Å². The Morgan fingerprint density at radius 3 is 2.50 bits per heavy atom. The highest BCUT2D eigenvalue weighted by molar-refractivity contribution is 7.88. The van der Waals surface area contributed by atoms with Crippen LogP contribution in [0.4, 0.5) is 0 Å². The lowest BCUT2D eigenvalue weighted by molar-refractivity contribution is 0.0928. The van der Waals surface area contributed by atoms with Gasteiger partial charge in [-0.15, -0.1) is 0 Å². The Morgan fingerprint density at radius 2 is 1.92 bits per heavy atom. The molecular weight excluding hydrogens is 356 g/mol. The molecule has 1 aromatic rings. The van der Waals surface area contributed by atoms with Gasteiger partial charge in [-0.25, -0.2) is 12.7 Å². The van der Waals surface area contributed by atoms with Crippen LogP contribution in [-0.2, 0) is 22.0 Å². The molecule has 0 aliphatic carbocycles. The van der Waals surface area contributed by atoms with Crippen molar-refractivity contribution in [2.24, 2.45) is 5.92 Å². The summed E-state index contributed by atoms with van der Waals surface area (Å²) in [6.45, 7) is 7.29. The van der Waals surface area contributed by atoms with Crippen LogP contribution in [-0.4, -0.2) is 53.6 Å². The molecule has 0 radical (unpaired) electrons. The van der Waals surface area contributed by atoms with Crippen LogP contribution in [0.1, 0.15) is 49.8 Å². The lowest BCUT2D eigenvalue weighted by Crippen LogP contribution is -2.40. The Bertz CT molecular complexity index is 893. The molecule has 1 amide bonds. The summed E-state index contributed by atoms with van der Waals surface area (Å²) >= 11 is 0. The lowest BCUT2D eigenvalue weighted by atomic mass is 9.85. The summed E-state index contributed by atoms with van der Waals surface area (Å²) in [5.41, 5.74) is -0.942. The normalized spacial score (nSPS) is 24.2. The van der Waals surface area contributed by atoms with E-state index in [1.807, 2.05) is 25.3 Å². The number of amides is 1. The molecule has 3 rings (SSSR count). The van der Waals surface area contributed by atoms with Gasteiger partial charge in [-0.3, -0.25) is 9.59 Å². The highest BCUT2D eigenvalue weighted by atomic mass is 32.2. The number of hydrogen-bond acceptors (Lipinski definition) is 5. The smallest absolute Gasteiger partial charge is 0.285 e. The van der Waals surface area contributed by atoms with Gasteiger partial charge >= 0.3 is 0 Å². The zero-order valence-electron chi connectivity index (χ0n) is 15.7. The molecule has 26 heavy (non-hydrogen) atoms. The van der Waals surface area contributed by atoms with Crippen molar-refractivity contribution in [2.45, 2.75) is 51.6 Å². The van der Waals surface area contributed by atoms with Crippen LogP contribution in [0.15, 0.2) is 11.0 Å². The van der Waals surface area contributed by atoms with E-state index in [0.29, 0.717) is 31.9 Å². The first-order valence-electron chi connectivity index (χ1n) is 8.91. The van der Waals surface area contributed by atoms with E-state index in [-0.39, 0.29) is 17.5 Å². The number of rotatable bonds is 4.